The molecule has 0 amide bonds. The van der Waals surface area contributed by atoms with Crippen molar-refractivity contribution in [2.24, 2.45) is 0 Å². The fourth-order valence-electron chi connectivity index (χ4n) is 6.85. The van der Waals surface area contributed by atoms with Crippen molar-refractivity contribution in [3.05, 3.63) is 130 Å². The SMILES string of the molecule is Cc1cc(C)cc(P(c2cc(C)ccc2C)N(C(C)C)P2[C@H](c3ccccc3)N3CCCCN3[C@H]2c2ccccc2)c1. The Labute approximate surface area is 256 Å². The van der Waals surface area contributed by atoms with Gasteiger partial charge in [0.15, 0.2) is 0 Å². The molecule has 6 rings (SSSR count). The van der Waals surface area contributed by atoms with E-state index < -0.39 is 16.1 Å². The Morgan fingerprint density at radius 3 is 1.69 bits per heavy atom. The van der Waals surface area contributed by atoms with E-state index in [0.29, 0.717) is 17.6 Å². The lowest BCUT2D eigenvalue weighted by Gasteiger charge is -2.44. The molecule has 0 saturated carbocycles. The third-order valence-corrected chi connectivity index (χ3v) is 15.3. The number of hydrogen-bond acceptors (Lipinski definition) is 3. The summed E-state index contributed by atoms with van der Waals surface area (Å²) < 4.78 is 3.02. The average Bonchev–Trinajstić information content (AvgIpc) is 3.32. The first kappa shape index (κ1) is 29.7. The molecule has 2 aliphatic heterocycles. The monoisotopic (exact) mass is 593 g/mol. The van der Waals surface area contributed by atoms with Crippen molar-refractivity contribution < 1.29 is 0 Å². The Balaban J connectivity index is 1.63. The Morgan fingerprint density at radius 2 is 1.19 bits per heavy atom. The maximum Gasteiger partial charge on any atom is 0.0847 e. The maximum absolute atomic E-state index is 3.02. The summed E-state index contributed by atoms with van der Waals surface area (Å²) in [5, 5.41) is 8.53. The summed E-state index contributed by atoms with van der Waals surface area (Å²) in [6.45, 7) is 16.2. The van der Waals surface area contributed by atoms with E-state index >= 15 is 0 Å². The van der Waals surface area contributed by atoms with Crippen LogP contribution in [0.2, 0.25) is 0 Å². The molecule has 2 heterocycles. The molecule has 5 heteroatoms. The van der Waals surface area contributed by atoms with Gasteiger partial charge in [0, 0.05) is 35.3 Å². The van der Waals surface area contributed by atoms with Gasteiger partial charge in [0.05, 0.1) is 11.6 Å². The average molecular weight is 594 g/mol. The van der Waals surface area contributed by atoms with Gasteiger partial charge in [-0.15, -0.1) is 0 Å². The van der Waals surface area contributed by atoms with Gasteiger partial charge in [0.2, 0.25) is 0 Å². The van der Waals surface area contributed by atoms with E-state index in [-0.39, 0.29) is 0 Å². The molecule has 2 fully saturated rings. The number of fused-ring (bicyclic) bond motifs is 1. The first-order valence-corrected chi connectivity index (χ1v) is 18.2. The van der Waals surface area contributed by atoms with Crippen LogP contribution in [-0.2, 0) is 0 Å². The van der Waals surface area contributed by atoms with E-state index in [4.69, 9.17) is 0 Å². The highest BCUT2D eigenvalue weighted by atomic mass is 31.2. The second kappa shape index (κ2) is 12.7. The normalized spacial score (nSPS) is 20.8. The lowest BCUT2D eigenvalue weighted by atomic mass is 10.1. The van der Waals surface area contributed by atoms with Crippen LogP contribution < -0.4 is 10.6 Å². The van der Waals surface area contributed by atoms with Crippen molar-refractivity contribution in [2.75, 3.05) is 13.1 Å². The molecular formula is C37H45N3P2. The lowest BCUT2D eigenvalue weighted by molar-refractivity contribution is -0.0531. The molecule has 0 bridgehead atoms. The zero-order chi connectivity index (χ0) is 29.4. The summed E-state index contributed by atoms with van der Waals surface area (Å²) in [5.74, 6) is 0.685. The zero-order valence-corrected chi connectivity index (χ0v) is 27.8. The molecule has 0 aromatic heterocycles. The van der Waals surface area contributed by atoms with Crippen LogP contribution in [0, 0.1) is 27.7 Å². The van der Waals surface area contributed by atoms with Gasteiger partial charge in [0.1, 0.15) is 0 Å². The van der Waals surface area contributed by atoms with Crippen LogP contribution in [0.4, 0.5) is 0 Å². The van der Waals surface area contributed by atoms with E-state index in [1.807, 2.05) is 0 Å². The van der Waals surface area contributed by atoms with E-state index in [1.54, 1.807) is 0 Å². The zero-order valence-electron chi connectivity index (χ0n) is 26.0. The van der Waals surface area contributed by atoms with Gasteiger partial charge in [-0.05, 0) is 99.9 Å². The summed E-state index contributed by atoms with van der Waals surface area (Å²) in [6, 6.07) is 37.6. The molecule has 42 heavy (non-hydrogen) atoms. The Morgan fingerprint density at radius 1 is 0.667 bits per heavy atom. The minimum absolute atomic E-state index is 0.343. The standard InChI is InChI=1S/C37H45N3P2/c1-27(2)40(41(34-24-29(4)23-30(5)25-34)35-26-28(3)19-20-31(35)6)42-36(32-15-9-7-10-16-32)38-21-13-14-22-39(38)37(42)33-17-11-8-12-18-33/h7-12,15-20,23-27,36-37H,13-14,21-22H2,1-6H3/t36-,37-,41?/m1/s1. The summed E-state index contributed by atoms with van der Waals surface area (Å²) >= 11 is 0. The van der Waals surface area contributed by atoms with Crippen LogP contribution in [0.5, 0.6) is 0 Å². The molecular weight excluding hydrogens is 548 g/mol. The smallest absolute Gasteiger partial charge is 0.0847 e. The van der Waals surface area contributed by atoms with Crippen LogP contribution in [0.25, 0.3) is 0 Å². The van der Waals surface area contributed by atoms with Crippen molar-refractivity contribution in [1.29, 1.82) is 0 Å². The Bertz CT molecular complexity index is 1430. The van der Waals surface area contributed by atoms with Crippen LogP contribution in [-0.4, -0.2) is 33.6 Å². The predicted molar refractivity (Wildman–Crippen MR) is 183 cm³/mol. The predicted octanol–water partition coefficient (Wildman–Crippen LogP) is 9.10. The Hall–Kier alpha value is -2.38. The van der Waals surface area contributed by atoms with E-state index in [0.717, 1.165) is 13.1 Å². The molecule has 4 aromatic rings. The van der Waals surface area contributed by atoms with E-state index in [1.165, 1.54) is 56.8 Å². The molecule has 3 nitrogen and oxygen atoms in total. The molecule has 4 aromatic carbocycles. The van der Waals surface area contributed by atoms with Gasteiger partial charge < -0.3 is 0 Å². The third-order valence-electron chi connectivity index (χ3n) is 8.56. The number of hydrogen-bond donors (Lipinski definition) is 0. The second-order valence-corrected chi connectivity index (χ2v) is 16.9. The van der Waals surface area contributed by atoms with Gasteiger partial charge in [0.25, 0.3) is 0 Å². The number of benzene rings is 4. The molecule has 218 valence electrons. The van der Waals surface area contributed by atoms with Gasteiger partial charge >= 0.3 is 0 Å². The minimum Gasteiger partial charge on any atom is -0.246 e. The largest absolute Gasteiger partial charge is 0.246 e. The summed E-state index contributed by atoms with van der Waals surface area (Å²) in [5.41, 5.74) is 8.36. The molecule has 0 spiro atoms. The van der Waals surface area contributed by atoms with Gasteiger partial charge in [-0.3, -0.25) is 0 Å². The van der Waals surface area contributed by atoms with Crippen molar-refractivity contribution in [2.45, 2.75) is 72.0 Å². The molecule has 0 N–H and O–H groups in total. The molecule has 0 radical (unpaired) electrons. The van der Waals surface area contributed by atoms with Crippen molar-refractivity contribution >= 4 is 26.8 Å². The first-order chi connectivity index (χ1) is 20.3. The maximum atomic E-state index is 3.02. The minimum atomic E-state index is -0.787. The third kappa shape index (κ3) is 5.76. The number of hydrazine groups is 1. The highest BCUT2D eigenvalue weighted by molar-refractivity contribution is 7.79. The molecule has 2 saturated heterocycles. The molecule has 1 unspecified atom stereocenters. The van der Waals surface area contributed by atoms with E-state index in [9.17, 15) is 0 Å². The van der Waals surface area contributed by atoms with Gasteiger partial charge in [-0.1, -0.05) is 95.6 Å². The number of rotatable bonds is 7. The molecule has 2 aliphatic rings. The quantitative estimate of drug-likeness (QED) is 0.198. The van der Waals surface area contributed by atoms with Crippen molar-refractivity contribution in [3.8, 4) is 0 Å². The summed E-state index contributed by atoms with van der Waals surface area (Å²) in [7, 11) is -1.48. The van der Waals surface area contributed by atoms with Crippen molar-refractivity contribution in [3.63, 3.8) is 0 Å². The fourth-order valence-corrected chi connectivity index (χ4v) is 14.7. The first-order valence-electron chi connectivity index (χ1n) is 15.5. The number of aryl methyl sites for hydroxylation is 4. The van der Waals surface area contributed by atoms with Crippen molar-refractivity contribution in [1.82, 2.24) is 14.5 Å². The lowest BCUT2D eigenvalue weighted by Crippen LogP contribution is -2.43. The van der Waals surface area contributed by atoms with Crippen LogP contribution in [0.15, 0.2) is 97.1 Å². The topological polar surface area (TPSA) is 9.72 Å². The fraction of sp³-hybridized carbons (Fsp3) is 0.351. The van der Waals surface area contributed by atoms with Gasteiger partial charge in [-0.25, -0.2) is 14.5 Å². The summed E-state index contributed by atoms with van der Waals surface area (Å²) in [6.07, 6.45) is 2.52. The molecule has 0 aliphatic carbocycles. The van der Waals surface area contributed by atoms with Gasteiger partial charge in [-0.2, -0.15) is 0 Å². The highest BCUT2D eigenvalue weighted by Gasteiger charge is 2.54. The second-order valence-electron chi connectivity index (χ2n) is 12.3. The summed E-state index contributed by atoms with van der Waals surface area (Å²) in [4.78, 5) is 0. The molecule has 3 atom stereocenters. The number of nitrogens with zero attached hydrogens (tertiary/aromatic N) is 3. The van der Waals surface area contributed by atoms with Crippen LogP contribution >= 0.6 is 16.1 Å². The van der Waals surface area contributed by atoms with E-state index in [2.05, 4.69) is 153 Å². The Kier molecular flexibility index (Phi) is 8.97. The van der Waals surface area contributed by atoms with Crippen LogP contribution in [0.3, 0.4) is 0 Å². The van der Waals surface area contributed by atoms with Crippen LogP contribution in [0.1, 0.15) is 71.6 Å². The highest BCUT2D eigenvalue weighted by Crippen LogP contribution is 2.76.